The van der Waals surface area contributed by atoms with Gasteiger partial charge in [-0.2, -0.15) is 0 Å². The van der Waals surface area contributed by atoms with Crippen molar-refractivity contribution >= 4 is 0 Å². The van der Waals surface area contributed by atoms with Crippen LogP contribution in [0.15, 0.2) is 24.3 Å². The molecule has 0 spiro atoms. The molecule has 0 fully saturated rings. The summed E-state index contributed by atoms with van der Waals surface area (Å²) < 4.78 is 5.31. The molecule has 0 aliphatic rings. The fourth-order valence-electron chi connectivity index (χ4n) is 1.75. The third kappa shape index (κ3) is 1.79. The molecule has 1 aromatic carbocycles. The Labute approximate surface area is 94.5 Å². The SMILES string of the molecule is COc1ccccc1-c1nc(C)[nH]c1CN. The van der Waals surface area contributed by atoms with Crippen molar-refractivity contribution in [3.05, 3.63) is 35.8 Å². The lowest BCUT2D eigenvalue weighted by Crippen LogP contribution is -1.99. The number of methoxy groups -OCH3 is 1. The van der Waals surface area contributed by atoms with Crippen LogP contribution in [-0.2, 0) is 6.54 Å². The van der Waals surface area contributed by atoms with E-state index in [4.69, 9.17) is 10.5 Å². The van der Waals surface area contributed by atoms with Gasteiger partial charge in [-0.15, -0.1) is 0 Å². The van der Waals surface area contributed by atoms with Crippen molar-refractivity contribution in [1.82, 2.24) is 9.97 Å². The molecule has 16 heavy (non-hydrogen) atoms. The van der Waals surface area contributed by atoms with Crippen LogP contribution in [0.5, 0.6) is 5.75 Å². The van der Waals surface area contributed by atoms with Gasteiger partial charge in [-0.05, 0) is 19.1 Å². The number of nitrogens with two attached hydrogens (primary N) is 1. The normalized spacial score (nSPS) is 10.4. The Kier molecular flexibility index (Phi) is 2.92. The van der Waals surface area contributed by atoms with Gasteiger partial charge < -0.3 is 15.5 Å². The summed E-state index contributed by atoms with van der Waals surface area (Å²) >= 11 is 0. The fraction of sp³-hybridized carbons (Fsp3) is 0.250. The highest BCUT2D eigenvalue weighted by Gasteiger charge is 2.12. The number of imidazole rings is 1. The maximum absolute atomic E-state index is 5.68. The first-order chi connectivity index (χ1) is 7.76. The summed E-state index contributed by atoms with van der Waals surface area (Å²) in [5.41, 5.74) is 8.45. The third-order valence-corrected chi connectivity index (χ3v) is 2.46. The number of nitrogens with one attached hydrogen (secondary N) is 1. The van der Waals surface area contributed by atoms with Crippen molar-refractivity contribution in [3.63, 3.8) is 0 Å². The van der Waals surface area contributed by atoms with E-state index in [-0.39, 0.29) is 0 Å². The van der Waals surface area contributed by atoms with Crippen molar-refractivity contribution in [1.29, 1.82) is 0 Å². The minimum atomic E-state index is 0.439. The largest absolute Gasteiger partial charge is 0.496 e. The van der Waals surface area contributed by atoms with Crippen molar-refractivity contribution in [2.24, 2.45) is 5.73 Å². The Balaban J connectivity index is 2.57. The smallest absolute Gasteiger partial charge is 0.128 e. The zero-order valence-corrected chi connectivity index (χ0v) is 9.45. The van der Waals surface area contributed by atoms with Gasteiger partial charge in [0.15, 0.2) is 0 Å². The summed E-state index contributed by atoms with van der Waals surface area (Å²) in [5.74, 6) is 1.67. The van der Waals surface area contributed by atoms with Crippen molar-refractivity contribution in [3.8, 4) is 17.0 Å². The van der Waals surface area contributed by atoms with Crippen molar-refractivity contribution < 1.29 is 4.74 Å². The topological polar surface area (TPSA) is 63.9 Å². The number of benzene rings is 1. The van der Waals surface area contributed by atoms with Crippen LogP contribution >= 0.6 is 0 Å². The molecule has 4 heteroatoms. The first kappa shape index (κ1) is 10.7. The molecule has 0 unspecified atom stereocenters. The van der Waals surface area contributed by atoms with Gasteiger partial charge in [0.05, 0.1) is 18.5 Å². The first-order valence-electron chi connectivity index (χ1n) is 5.15. The quantitative estimate of drug-likeness (QED) is 0.824. The molecule has 1 aromatic heterocycles. The molecular weight excluding hydrogens is 202 g/mol. The molecule has 3 N–H and O–H groups in total. The number of rotatable bonds is 3. The molecule has 0 amide bonds. The summed E-state index contributed by atoms with van der Waals surface area (Å²) in [5, 5.41) is 0. The Morgan fingerprint density at radius 2 is 2.12 bits per heavy atom. The van der Waals surface area contributed by atoms with Crippen LogP contribution in [-0.4, -0.2) is 17.1 Å². The molecule has 0 saturated carbocycles. The number of aromatic amines is 1. The molecular formula is C12H15N3O. The second-order valence-corrected chi connectivity index (χ2v) is 3.55. The number of aryl methyl sites for hydroxylation is 1. The van der Waals surface area contributed by atoms with Gasteiger partial charge in [0.1, 0.15) is 11.6 Å². The predicted octanol–water partition coefficient (Wildman–Crippen LogP) is 1.85. The Morgan fingerprint density at radius 3 is 2.81 bits per heavy atom. The van der Waals surface area contributed by atoms with Crippen LogP contribution in [0.2, 0.25) is 0 Å². The predicted molar refractivity (Wildman–Crippen MR) is 63.2 cm³/mol. The second kappa shape index (κ2) is 4.37. The van der Waals surface area contributed by atoms with E-state index >= 15 is 0 Å². The molecule has 1 heterocycles. The number of hydrogen-bond acceptors (Lipinski definition) is 3. The van der Waals surface area contributed by atoms with Crippen molar-refractivity contribution in [2.75, 3.05) is 7.11 Å². The van der Waals surface area contributed by atoms with Crippen LogP contribution in [0.3, 0.4) is 0 Å². The van der Waals surface area contributed by atoms with Crippen LogP contribution in [0.1, 0.15) is 11.5 Å². The lowest BCUT2D eigenvalue weighted by atomic mass is 10.1. The molecule has 84 valence electrons. The summed E-state index contributed by atoms with van der Waals surface area (Å²) in [6.07, 6.45) is 0. The van der Waals surface area contributed by atoms with E-state index < -0.39 is 0 Å². The first-order valence-corrected chi connectivity index (χ1v) is 5.15. The van der Waals surface area contributed by atoms with Gasteiger partial charge >= 0.3 is 0 Å². The van der Waals surface area contributed by atoms with Gasteiger partial charge in [0.25, 0.3) is 0 Å². The Morgan fingerprint density at radius 1 is 1.38 bits per heavy atom. The van der Waals surface area contributed by atoms with Crippen LogP contribution in [0.25, 0.3) is 11.3 Å². The minimum Gasteiger partial charge on any atom is -0.496 e. The molecule has 2 rings (SSSR count). The standard InChI is InChI=1S/C12H15N3O/c1-8-14-10(7-13)12(15-8)9-5-3-4-6-11(9)16-2/h3-6H,7,13H2,1-2H3,(H,14,15). The van der Waals surface area contributed by atoms with Gasteiger partial charge in [-0.3, -0.25) is 0 Å². The van der Waals surface area contributed by atoms with Crippen molar-refractivity contribution in [2.45, 2.75) is 13.5 Å². The van der Waals surface area contributed by atoms with Gasteiger partial charge in [-0.25, -0.2) is 4.98 Å². The maximum atomic E-state index is 5.68. The molecule has 0 atom stereocenters. The number of para-hydroxylation sites is 1. The van der Waals surface area contributed by atoms with Crippen LogP contribution < -0.4 is 10.5 Å². The number of H-pyrrole nitrogens is 1. The third-order valence-electron chi connectivity index (χ3n) is 2.46. The summed E-state index contributed by atoms with van der Waals surface area (Å²) in [6, 6.07) is 7.79. The Hall–Kier alpha value is -1.81. The maximum Gasteiger partial charge on any atom is 0.128 e. The van der Waals surface area contributed by atoms with Crippen LogP contribution in [0, 0.1) is 6.92 Å². The highest BCUT2D eigenvalue weighted by molar-refractivity contribution is 5.69. The highest BCUT2D eigenvalue weighted by atomic mass is 16.5. The second-order valence-electron chi connectivity index (χ2n) is 3.55. The number of hydrogen-bond donors (Lipinski definition) is 2. The highest BCUT2D eigenvalue weighted by Crippen LogP contribution is 2.30. The molecule has 4 nitrogen and oxygen atoms in total. The monoisotopic (exact) mass is 217 g/mol. The van der Waals surface area contributed by atoms with Gasteiger partial charge in [0, 0.05) is 12.1 Å². The van der Waals surface area contributed by atoms with E-state index in [0.29, 0.717) is 6.54 Å². The molecule has 0 saturated heterocycles. The molecule has 0 aliphatic carbocycles. The van der Waals surface area contributed by atoms with E-state index in [2.05, 4.69) is 9.97 Å². The molecule has 0 radical (unpaired) electrons. The van der Waals surface area contributed by atoms with E-state index in [1.807, 2.05) is 31.2 Å². The fourth-order valence-corrected chi connectivity index (χ4v) is 1.75. The molecule has 0 aliphatic heterocycles. The average molecular weight is 217 g/mol. The van der Waals surface area contributed by atoms with E-state index in [0.717, 1.165) is 28.5 Å². The number of ether oxygens (including phenoxy) is 1. The molecule has 2 aromatic rings. The summed E-state index contributed by atoms with van der Waals surface area (Å²) in [7, 11) is 1.65. The van der Waals surface area contributed by atoms with E-state index in [9.17, 15) is 0 Å². The van der Waals surface area contributed by atoms with E-state index in [1.54, 1.807) is 7.11 Å². The van der Waals surface area contributed by atoms with Gasteiger partial charge in [0.2, 0.25) is 0 Å². The molecule has 0 bridgehead atoms. The van der Waals surface area contributed by atoms with E-state index in [1.165, 1.54) is 0 Å². The average Bonchev–Trinajstić information content (AvgIpc) is 2.70. The number of nitrogens with zero attached hydrogens (tertiary/aromatic N) is 1. The number of aromatic nitrogens is 2. The van der Waals surface area contributed by atoms with Gasteiger partial charge in [-0.1, -0.05) is 12.1 Å². The lowest BCUT2D eigenvalue weighted by Gasteiger charge is -2.06. The summed E-state index contributed by atoms with van der Waals surface area (Å²) in [4.78, 5) is 7.60. The summed E-state index contributed by atoms with van der Waals surface area (Å²) in [6.45, 7) is 2.35. The lowest BCUT2D eigenvalue weighted by molar-refractivity contribution is 0.416. The van der Waals surface area contributed by atoms with Crippen LogP contribution in [0.4, 0.5) is 0 Å². The zero-order chi connectivity index (χ0) is 11.5. The zero-order valence-electron chi connectivity index (χ0n) is 9.45. The Bertz CT molecular complexity index is 491. The minimum absolute atomic E-state index is 0.439.